The molecule has 0 aliphatic carbocycles. The van der Waals surface area contributed by atoms with Crippen molar-refractivity contribution >= 4 is 60.3 Å². The van der Waals surface area contributed by atoms with E-state index in [1.807, 2.05) is 6.07 Å². The fourth-order valence-electron chi connectivity index (χ4n) is 2.04. The van der Waals surface area contributed by atoms with E-state index in [4.69, 9.17) is 11.6 Å². The zero-order chi connectivity index (χ0) is 17.3. The number of benzene rings is 1. The molecule has 0 amide bonds. The molecular weight excluding hydrogens is 414 g/mol. The topological polar surface area (TPSA) is 86.9 Å². The van der Waals surface area contributed by atoms with Gasteiger partial charge in [-0.05, 0) is 34.1 Å². The van der Waals surface area contributed by atoms with Crippen molar-refractivity contribution < 1.29 is 5.11 Å². The van der Waals surface area contributed by atoms with Gasteiger partial charge in [-0.25, -0.2) is 4.98 Å². The van der Waals surface area contributed by atoms with Crippen LogP contribution in [0, 0.1) is 11.3 Å². The number of nitriles is 1. The molecule has 0 fully saturated rings. The van der Waals surface area contributed by atoms with Crippen molar-refractivity contribution in [2.75, 3.05) is 0 Å². The largest absolute Gasteiger partial charge is 0.506 e. The molecule has 5 nitrogen and oxygen atoms in total. The Morgan fingerprint density at radius 3 is 2.88 bits per heavy atom. The van der Waals surface area contributed by atoms with Gasteiger partial charge in [-0.15, -0.1) is 11.3 Å². The first-order valence-electron chi connectivity index (χ1n) is 6.56. The maximum Gasteiger partial charge on any atom is 0.279 e. The lowest BCUT2D eigenvalue weighted by Gasteiger charge is -2.06. The van der Waals surface area contributed by atoms with E-state index < -0.39 is 5.56 Å². The maximum atomic E-state index is 12.1. The standard InChI is InChI=1S/C16H7BrClN3O2S/c17-8-5-10(14(18)20-7-8)13(22)11(6-19)16-21-15(23)9-3-1-2-4-12(9)24-16/h1-5,7,22H. The van der Waals surface area contributed by atoms with E-state index in [2.05, 4.69) is 25.9 Å². The van der Waals surface area contributed by atoms with Gasteiger partial charge in [-0.2, -0.15) is 10.2 Å². The summed E-state index contributed by atoms with van der Waals surface area (Å²) < 4.78 is 1.26. The summed E-state index contributed by atoms with van der Waals surface area (Å²) in [6.45, 7) is 0. The minimum Gasteiger partial charge on any atom is -0.506 e. The number of aliphatic hydroxyl groups is 1. The average Bonchev–Trinajstić information content (AvgIpc) is 2.57. The Labute approximate surface area is 153 Å². The molecule has 0 atom stereocenters. The highest BCUT2D eigenvalue weighted by molar-refractivity contribution is 9.10. The molecule has 0 saturated carbocycles. The summed E-state index contributed by atoms with van der Waals surface area (Å²) in [5.74, 6) is -0.380. The summed E-state index contributed by atoms with van der Waals surface area (Å²) in [7, 11) is 0. The van der Waals surface area contributed by atoms with Crippen LogP contribution in [0.1, 0.15) is 10.6 Å². The van der Waals surface area contributed by atoms with Gasteiger partial charge in [-0.1, -0.05) is 23.7 Å². The van der Waals surface area contributed by atoms with Crippen molar-refractivity contribution in [2.24, 2.45) is 0 Å². The molecule has 118 valence electrons. The van der Waals surface area contributed by atoms with Crippen molar-refractivity contribution in [3.05, 3.63) is 67.1 Å². The van der Waals surface area contributed by atoms with Crippen molar-refractivity contribution in [1.29, 1.82) is 5.26 Å². The molecule has 3 rings (SSSR count). The van der Waals surface area contributed by atoms with Crippen LogP contribution in [0.3, 0.4) is 0 Å². The second-order valence-electron chi connectivity index (χ2n) is 4.65. The first kappa shape index (κ1) is 16.6. The molecule has 24 heavy (non-hydrogen) atoms. The molecule has 3 aromatic rings. The number of hydrogen-bond acceptors (Lipinski definition) is 6. The quantitative estimate of drug-likeness (QED) is 0.377. The Morgan fingerprint density at radius 1 is 1.38 bits per heavy atom. The summed E-state index contributed by atoms with van der Waals surface area (Å²) in [5.41, 5.74) is -0.416. The number of rotatable bonds is 2. The Kier molecular flexibility index (Phi) is 4.62. The zero-order valence-electron chi connectivity index (χ0n) is 11.8. The van der Waals surface area contributed by atoms with Gasteiger partial charge >= 0.3 is 0 Å². The highest BCUT2D eigenvalue weighted by Crippen LogP contribution is 2.31. The summed E-state index contributed by atoms with van der Waals surface area (Å²) >= 11 is 10.4. The second-order valence-corrected chi connectivity index (χ2v) is 6.95. The number of fused-ring (bicyclic) bond motifs is 1. The van der Waals surface area contributed by atoms with Gasteiger partial charge in [0.15, 0.2) is 0 Å². The summed E-state index contributed by atoms with van der Waals surface area (Å²) in [6.07, 6.45) is 1.47. The van der Waals surface area contributed by atoms with Crippen LogP contribution in [0.15, 0.2) is 45.8 Å². The third-order valence-corrected chi connectivity index (χ3v) is 4.95. The molecule has 0 aliphatic heterocycles. The van der Waals surface area contributed by atoms with Gasteiger partial charge in [0.05, 0.1) is 10.9 Å². The third kappa shape index (κ3) is 3.04. The molecule has 1 N–H and O–H groups in total. The number of aliphatic hydroxyl groups excluding tert-OH is 1. The lowest BCUT2D eigenvalue weighted by molar-refractivity contribution is 0.513. The molecule has 0 bridgehead atoms. The molecule has 0 saturated heterocycles. The van der Waals surface area contributed by atoms with Gasteiger partial charge in [0.1, 0.15) is 27.6 Å². The van der Waals surface area contributed by atoms with Crippen molar-refractivity contribution in [3.8, 4) is 6.07 Å². The minimum absolute atomic E-state index is 0.0385. The van der Waals surface area contributed by atoms with Crippen LogP contribution in [0.4, 0.5) is 0 Å². The Hall–Kier alpha value is -2.27. The smallest absolute Gasteiger partial charge is 0.279 e. The first-order chi connectivity index (χ1) is 11.5. The van der Waals surface area contributed by atoms with Gasteiger partial charge in [0, 0.05) is 15.4 Å². The van der Waals surface area contributed by atoms with Crippen LogP contribution < -0.4 is 5.56 Å². The highest BCUT2D eigenvalue weighted by Gasteiger charge is 2.18. The molecule has 8 heteroatoms. The fraction of sp³-hybridized carbons (Fsp3) is 0. The lowest BCUT2D eigenvalue weighted by atomic mass is 10.1. The number of aromatic nitrogens is 2. The van der Waals surface area contributed by atoms with Gasteiger partial charge in [0.25, 0.3) is 5.56 Å². The number of pyridine rings is 1. The number of nitrogens with zero attached hydrogens (tertiary/aromatic N) is 3. The van der Waals surface area contributed by atoms with Crippen LogP contribution in [0.5, 0.6) is 0 Å². The SMILES string of the molecule is N#CC(=C(O)c1cc(Br)cnc1Cl)c1nc(=O)c2ccccc2s1. The van der Waals surface area contributed by atoms with E-state index in [1.54, 1.807) is 24.3 Å². The molecule has 0 aliphatic rings. The van der Waals surface area contributed by atoms with Crippen LogP contribution in [-0.2, 0) is 0 Å². The predicted octanol–water partition coefficient (Wildman–Crippen LogP) is 4.42. The normalized spacial score (nSPS) is 11.9. The third-order valence-electron chi connectivity index (χ3n) is 3.15. The number of halogens is 2. The molecule has 0 spiro atoms. The van der Waals surface area contributed by atoms with Crippen molar-refractivity contribution in [1.82, 2.24) is 9.97 Å². The van der Waals surface area contributed by atoms with E-state index in [-0.39, 0.29) is 27.1 Å². The van der Waals surface area contributed by atoms with Crippen LogP contribution >= 0.6 is 38.9 Å². The fourth-order valence-corrected chi connectivity index (χ4v) is 3.56. The first-order valence-corrected chi connectivity index (χ1v) is 8.55. The van der Waals surface area contributed by atoms with E-state index in [1.165, 1.54) is 12.3 Å². The summed E-state index contributed by atoms with van der Waals surface area (Å²) in [6, 6.07) is 10.4. The molecule has 0 unspecified atom stereocenters. The molecule has 1 aromatic carbocycles. The molecular formula is C16H7BrClN3O2S. The van der Waals surface area contributed by atoms with E-state index >= 15 is 0 Å². The van der Waals surface area contributed by atoms with E-state index in [9.17, 15) is 15.2 Å². The van der Waals surface area contributed by atoms with Crippen LogP contribution in [0.2, 0.25) is 5.15 Å². The van der Waals surface area contributed by atoms with Crippen LogP contribution in [0.25, 0.3) is 21.4 Å². The predicted molar refractivity (Wildman–Crippen MR) is 97.9 cm³/mol. The van der Waals surface area contributed by atoms with Crippen LogP contribution in [-0.4, -0.2) is 15.1 Å². The summed E-state index contributed by atoms with van der Waals surface area (Å²) in [5, 5.41) is 20.6. The maximum absolute atomic E-state index is 12.1. The zero-order valence-corrected chi connectivity index (χ0v) is 15.0. The average molecular weight is 421 g/mol. The van der Waals surface area contributed by atoms with E-state index in [0.29, 0.717) is 14.6 Å². The second kappa shape index (κ2) is 6.69. The monoisotopic (exact) mass is 419 g/mol. The van der Waals surface area contributed by atoms with E-state index in [0.717, 1.165) is 11.3 Å². The molecule has 2 aromatic heterocycles. The Balaban J connectivity index is 2.27. The Morgan fingerprint density at radius 2 is 2.12 bits per heavy atom. The number of hydrogen-bond donors (Lipinski definition) is 1. The lowest BCUT2D eigenvalue weighted by Crippen LogP contribution is -2.07. The Bertz CT molecular complexity index is 1090. The van der Waals surface area contributed by atoms with Gasteiger partial charge < -0.3 is 5.11 Å². The summed E-state index contributed by atoms with van der Waals surface area (Å²) in [4.78, 5) is 20.0. The van der Waals surface area contributed by atoms with Gasteiger partial charge in [-0.3, -0.25) is 4.79 Å². The molecule has 2 heterocycles. The van der Waals surface area contributed by atoms with Crippen molar-refractivity contribution in [2.45, 2.75) is 0 Å². The number of allylic oxidation sites excluding steroid dienone is 1. The highest BCUT2D eigenvalue weighted by atomic mass is 79.9. The molecule has 0 radical (unpaired) electrons. The van der Waals surface area contributed by atoms with Gasteiger partial charge in [0.2, 0.25) is 0 Å². The minimum atomic E-state index is -0.460. The van der Waals surface area contributed by atoms with Crippen molar-refractivity contribution in [3.63, 3.8) is 0 Å².